The van der Waals surface area contributed by atoms with Gasteiger partial charge in [0.15, 0.2) is 0 Å². The van der Waals surface area contributed by atoms with Gasteiger partial charge in [0.1, 0.15) is 11.2 Å². The van der Waals surface area contributed by atoms with Gasteiger partial charge in [-0.1, -0.05) is 0 Å². The van der Waals surface area contributed by atoms with Gasteiger partial charge in [0.2, 0.25) is 5.91 Å². The summed E-state index contributed by atoms with van der Waals surface area (Å²) in [5.41, 5.74) is 3.63. The van der Waals surface area contributed by atoms with Crippen molar-refractivity contribution in [2.45, 2.75) is 123 Å². The number of nitrogens with zero attached hydrogens (tertiary/aromatic N) is 1. The summed E-state index contributed by atoms with van der Waals surface area (Å²) in [4.78, 5) is 50.4. The predicted molar refractivity (Wildman–Crippen MR) is 146 cm³/mol. The molecule has 38 heavy (non-hydrogen) atoms. The van der Waals surface area contributed by atoms with E-state index in [4.69, 9.17) is 15.2 Å². The third-order valence-corrected chi connectivity index (χ3v) is 5.12. The minimum Gasteiger partial charge on any atom is -0.465 e. The Balaban J connectivity index is 5.22. The molecule has 0 heterocycles. The molecule has 222 valence electrons. The van der Waals surface area contributed by atoms with E-state index in [1.165, 1.54) is 4.90 Å². The van der Waals surface area contributed by atoms with Crippen molar-refractivity contribution < 1.29 is 33.8 Å². The van der Waals surface area contributed by atoms with Crippen LogP contribution in [0.2, 0.25) is 0 Å². The Morgan fingerprint density at radius 3 is 1.87 bits per heavy atom. The third-order valence-electron chi connectivity index (χ3n) is 5.12. The van der Waals surface area contributed by atoms with E-state index in [0.717, 1.165) is 0 Å². The van der Waals surface area contributed by atoms with Gasteiger partial charge in [0.05, 0.1) is 0 Å². The summed E-state index contributed by atoms with van der Waals surface area (Å²) in [6, 6.07) is -1.03. The van der Waals surface area contributed by atoms with Crippen molar-refractivity contribution in [2.75, 3.05) is 19.6 Å². The molecule has 4 amide bonds. The standard InChI is InChI=1S/C26H51N5O7/c1-24(2,3)31(23(35)36)19(13-10-14-27)16-20(32)29-17-18(30-22(34)38-26(7,8)9)12-11-15-28-21(33)37-25(4,5)6/h18-19H,10-17,27H2,1-9H3,(H,28,33)(H,29,32)(H,30,34)(H,35,36)/t18-,19-/m0/s1. The van der Waals surface area contributed by atoms with Crippen molar-refractivity contribution in [2.24, 2.45) is 5.73 Å². The minimum absolute atomic E-state index is 0.0388. The van der Waals surface area contributed by atoms with Crippen LogP contribution in [0.15, 0.2) is 0 Å². The van der Waals surface area contributed by atoms with Crippen LogP contribution in [0.25, 0.3) is 0 Å². The normalized spacial score (nSPS) is 13.6. The predicted octanol–water partition coefficient (Wildman–Crippen LogP) is 3.58. The number of nitrogens with one attached hydrogen (secondary N) is 3. The summed E-state index contributed by atoms with van der Waals surface area (Å²) >= 11 is 0. The summed E-state index contributed by atoms with van der Waals surface area (Å²) in [5.74, 6) is -0.342. The topological polar surface area (TPSA) is 172 Å². The molecule has 0 bridgehead atoms. The van der Waals surface area contributed by atoms with Crippen LogP contribution in [-0.2, 0) is 14.3 Å². The lowest BCUT2D eigenvalue weighted by molar-refractivity contribution is -0.122. The average Bonchev–Trinajstić information content (AvgIpc) is 2.69. The number of alkyl carbamates (subject to hydrolysis) is 2. The van der Waals surface area contributed by atoms with Crippen molar-refractivity contribution in [1.82, 2.24) is 20.9 Å². The fourth-order valence-corrected chi connectivity index (χ4v) is 3.74. The van der Waals surface area contributed by atoms with Crippen molar-refractivity contribution in [3.8, 4) is 0 Å². The zero-order valence-corrected chi connectivity index (χ0v) is 24.7. The fraction of sp³-hybridized carbons (Fsp3) is 0.846. The number of carboxylic acid groups (broad SMARTS) is 1. The molecule has 0 saturated heterocycles. The molecule has 12 heteroatoms. The maximum absolute atomic E-state index is 12.9. The van der Waals surface area contributed by atoms with E-state index in [1.54, 1.807) is 62.3 Å². The van der Waals surface area contributed by atoms with Gasteiger partial charge in [0, 0.05) is 37.1 Å². The van der Waals surface area contributed by atoms with Crippen molar-refractivity contribution in [3.05, 3.63) is 0 Å². The van der Waals surface area contributed by atoms with Crippen LogP contribution in [0, 0.1) is 0 Å². The van der Waals surface area contributed by atoms with Gasteiger partial charge in [-0.3, -0.25) is 4.79 Å². The molecule has 6 N–H and O–H groups in total. The monoisotopic (exact) mass is 545 g/mol. The van der Waals surface area contributed by atoms with Crippen molar-refractivity contribution in [3.63, 3.8) is 0 Å². The number of rotatable bonds is 13. The SMILES string of the molecule is CC(C)(C)OC(=O)NCCC[C@@H](CNC(=O)C[C@H](CCCN)N(C(=O)O)C(C)(C)C)NC(=O)OC(C)(C)C. The molecule has 0 rings (SSSR count). The third kappa shape index (κ3) is 16.9. The molecule has 12 nitrogen and oxygen atoms in total. The second kappa shape index (κ2) is 15.6. The molecule has 0 aromatic rings. The van der Waals surface area contributed by atoms with Crippen LogP contribution in [0.3, 0.4) is 0 Å². The Kier molecular flexibility index (Phi) is 14.5. The zero-order chi connectivity index (χ0) is 29.7. The molecule has 2 atom stereocenters. The molecular formula is C26H51N5O7. The highest BCUT2D eigenvalue weighted by molar-refractivity contribution is 5.78. The molecular weight excluding hydrogens is 494 g/mol. The van der Waals surface area contributed by atoms with Crippen LogP contribution in [-0.4, -0.2) is 82.7 Å². The van der Waals surface area contributed by atoms with E-state index in [0.29, 0.717) is 38.8 Å². The first-order chi connectivity index (χ1) is 17.2. The lowest BCUT2D eigenvalue weighted by atomic mass is 9.98. The molecule has 0 unspecified atom stereocenters. The molecule has 0 aromatic heterocycles. The number of nitrogens with two attached hydrogens (primary N) is 1. The van der Waals surface area contributed by atoms with Crippen molar-refractivity contribution >= 4 is 24.2 Å². The van der Waals surface area contributed by atoms with Gasteiger partial charge < -0.3 is 41.2 Å². The van der Waals surface area contributed by atoms with Crippen LogP contribution in [0.5, 0.6) is 0 Å². The summed E-state index contributed by atoms with van der Waals surface area (Å²) in [5, 5.41) is 18.0. The van der Waals surface area contributed by atoms with Crippen molar-refractivity contribution in [1.29, 1.82) is 0 Å². The zero-order valence-electron chi connectivity index (χ0n) is 24.7. The first kappa shape index (κ1) is 35.2. The van der Waals surface area contributed by atoms with E-state index in [-0.39, 0.29) is 18.9 Å². The van der Waals surface area contributed by atoms with Gasteiger partial charge in [-0.25, -0.2) is 14.4 Å². The second-order valence-electron chi connectivity index (χ2n) is 12.3. The summed E-state index contributed by atoms with van der Waals surface area (Å²) in [7, 11) is 0. The fourth-order valence-electron chi connectivity index (χ4n) is 3.74. The Bertz CT molecular complexity index is 769. The lowest BCUT2D eigenvalue weighted by Gasteiger charge is -2.39. The second-order valence-corrected chi connectivity index (χ2v) is 12.3. The van der Waals surface area contributed by atoms with E-state index < -0.39 is 47.1 Å². The minimum atomic E-state index is -1.10. The van der Waals surface area contributed by atoms with Gasteiger partial charge >= 0.3 is 18.3 Å². The number of carbonyl (C=O) groups is 4. The number of hydrogen-bond acceptors (Lipinski definition) is 7. The molecule has 0 spiro atoms. The Morgan fingerprint density at radius 2 is 1.39 bits per heavy atom. The molecule has 0 radical (unpaired) electrons. The quantitative estimate of drug-likeness (QED) is 0.218. The van der Waals surface area contributed by atoms with Crippen LogP contribution < -0.4 is 21.7 Å². The van der Waals surface area contributed by atoms with E-state index in [9.17, 15) is 24.3 Å². The van der Waals surface area contributed by atoms with Gasteiger partial charge in [-0.05, 0) is 94.5 Å². The molecule has 0 saturated carbocycles. The lowest BCUT2D eigenvalue weighted by Crippen LogP contribution is -2.53. The highest BCUT2D eigenvalue weighted by atomic mass is 16.6. The van der Waals surface area contributed by atoms with E-state index in [1.807, 2.05) is 0 Å². The van der Waals surface area contributed by atoms with E-state index >= 15 is 0 Å². The van der Waals surface area contributed by atoms with Crippen LogP contribution >= 0.6 is 0 Å². The van der Waals surface area contributed by atoms with Gasteiger partial charge in [-0.2, -0.15) is 0 Å². The number of amides is 4. The Labute approximate surface area is 227 Å². The number of hydrogen-bond donors (Lipinski definition) is 5. The smallest absolute Gasteiger partial charge is 0.407 e. The number of carbonyl (C=O) groups excluding carboxylic acids is 3. The maximum Gasteiger partial charge on any atom is 0.407 e. The highest BCUT2D eigenvalue weighted by Crippen LogP contribution is 2.22. The molecule has 0 aliphatic heterocycles. The average molecular weight is 546 g/mol. The Hall–Kier alpha value is -2.76. The Morgan fingerprint density at radius 1 is 0.842 bits per heavy atom. The van der Waals surface area contributed by atoms with Crippen LogP contribution in [0.4, 0.5) is 14.4 Å². The summed E-state index contributed by atoms with van der Waals surface area (Å²) in [6.45, 7) is 16.7. The van der Waals surface area contributed by atoms with Gasteiger partial charge in [-0.15, -0.1) is 0 Å². The largest absolute Gasteiger partial charge is 0.465 e. The number of ether oxygens (including phenoxy) is 2. The first-order valence-corrected chi connectivity index (χ1v) is 13.2. The van der Waals surface area contributed by atoms with Gasteiger partial charge in [0.25, 0.3) is 0 Å². The molecule has 0 aromatic carbocycles. The molecule has 0 fully saturated rings. The molecule has 0 aliphatic rings. The highest BCUT2D eigenvalue weighted by Gasteiger charge is 2.34. The summed E-state index contributed by atoms with van der Waals surface area (Å²) < 4.78 is 10.6. The maximum atomic E-state index is 12.9. The molecule has 0 aliphatic carbocycles. The van der Waals surface area contributed by atoms with E-state index in [2.05, 4.69) is 16.0 Å². The van der Waals surface area contributed by atoms with Crippen LogP contribution in [0.1, 0.15) is 94.4 Å². The summed E-state index contributed by atoms with van der Waals surface area (Å²) in [6.07, 6.45) is -0.331. The first-order valence-electron chi connectivity index (χ1n) is 13.2.